The molecule has 23 heteroatoms. The molecule has 1 unspecified atom stereocenters. The van der Waals surface area contributed by atoms with Gasteiger partial charge in [-0.1, -0.05) is 55.4 Å². The molecule has 1 aromatic carbocycles. The van der Waals surface area contributed by atoms with Crippen molar-refractivity contribution in [1.29, 1.82) is 0 Å². The lowest BCUT2D eigenvalue weighted by atomic mass is 10.1. The first-order chi connectivity index (χ1) is 37.3. The number of fused-ring (bicyclic) bond motifs is 2. The highest BCUT2D eigenvalue weighted by atomic mass is 28.5. The summed E-state index contributed by atoms with van der Waals surface area (Å²) in [6, 6.07) is 1.35. The fourth-order valence-corrected chi connectivity index (χ4v) is 21.4. The van der Waals surface area contributed by atoms with Gasteiger partial charge in [-0.15, -0.1) is 0 Å². The molecule has 1 aromatic heterocycles. The van der Waals surface area contributed by atoms with Crippen LogP contribution in [0.5, 0.6) is 0 Å². The molecular formula is C58H99F2N5O14Si2. The fraction of sp³-hybridized carbons (Fsp3) is 0.793. The zero-order valence-corrected chi connectivity index (χ0v) is 54.4. The molecule has 1 N–H and O–H groups in total. The lowest BCUT2D eigenvalue weighted by Crippen LogP contribution is -2.66. The van der Waals surface area contributed by atoms with Crippen molar-refractivity contribution in [2.45, 2.75) is 259 Å². The highest BCUT2D eigenvalue weighted by Crippen LogP contribution is 2.49. The Hall–Kier alpha value is -4.27. The van der Waals surface area contributed by atoms with Crippen molar-refractivity contribution in [3.63, 3.8) is 0 Å². The van der Waals surface area contributed by atoms with E-state index in [1.54, 1.807) is 87.7 Å². The van der Waals surface area contributed by atoms with E-state index in [1.165, 1.54) is 22.2 Å². The molecule has 4 rings (SSSR count). The number of carbonyl (C=O) groups is 5. The van der Waals surface area contributed by atoms with Crippen LogP contribution in [0.4, 0.5) is 18.4 Å². The van der Waals surface area contributed by atoms with E-state index in [2.05, 4.69) is 65.7 Å². The van der Waals surface area contributed by atoms with E-state index in [4.69, 9.17) is 41.4 Å². The number of imidazole rings is 1. The number of halogens is 2. The normalized spacial score (nSPS) is 20.0. The van der Waals surface area contributed by atoms with E-state index in [0.717, 1.165) is 6.07 Å². The van der Waals surface area contributed by atoms with Crippen molar-refractivity contribution in [3.8, 4) is 0 Å². The van der Waals surface area contributed by atoms with Crippen molar-refractivity contribution < 1.29 is 74.1 Å². The van der Waals surface area contributed by atoms with Gasteiger partial charge in [-0.25, -0.2) is 23.4 Å². The summed E-state index contributed by atoms with van der Waals surface area (Å²) in [6.45, 7) is 38.5. The van der Waals surface area contributed by atoms with Crippen LogP contribution >= 0.6 is 0 Å². The third-order valence-electron chi connectivity index (χ3n) is 13.8. The van der Waals surface area contributed by atoms with E-state index in [9.17, 15) is 28.4 Å². The molecule has 81 heavy (non-hydrogen) atoms. The number of ether oxygens (including phenoxy) is 6. The van der Waals surface area contributed by atoms with Crippen LogP contribution in [-0.2, 0) is 55.8 Å². The minimum atomic E-state index is -3.22. The number of benzene rings is 1. The van der Waals surface area contributed by atoms with Gasteiger partial charge in [0.05, 0.1) is 18.5 Å². The molecule has 0 aliphatic carbocycles. The highest BCUT2D eigenvalue weighted by molar-refractivity contribution is 6.84. The summed E-state index contributed by atoms with van der Waals surface area (Å²) in [5, 5.41) is 3.02. The lowest BCUT2D eigenvalue weighted by molar-refractivity contribution is -0.156. The molecule has 2 aliphatic rings. The number of carbonyl (C=O) groups excluding carboxylic acids is 5. The molecule has 0 spiro atoms. The van der Waals surface area contributed by atoms with Gasteiger partial charge in [0, 0.05) is 45.6 Å². The summed E-state index contributed by atoms with van der Waals surface area (Å²) in [6.07, 6.45) is -2.17. The zero-order chi connectivity index (χ0) is 61.2. The first-order valence-corrected chi connectivity index (χ1v) is 33.0. The number of nitrogens with zero attached hydrogens (tertiary/aromatic N) is 4. The van der Waals surface area contributed by atoms with E-state index >= 15 is 4.39 Å². The van der Waals surface area contributed by atoms with Crippen molar-refractivity contribution in [2.75, 3.05) is 39.4 Å². The fourth-order valence-electron chi connectivity index (χ4n) is 10.2. The van der Waals surface area contributed by atoms with Gasteiger partial charge in [-0.2, -0.15) is 0 Å². The van der Waals surface area contributed by atoms with Gasteiger partial charge in [0.2, 0.25) is 5.91 Å². The van der Waals surface area contributed by atoms with Gasteiger partial charge in [0.15, 0.2) is 17.9 Å². The lowest BCUT2D eigenvalue weighted by Gasteiger charge is -2.51. The monoisotopic (exact) mass is 1180 g/mol. The number of hydrogen-bond donors (Lipinski definition) is 1. The summed E-state index contributed by atoms with van der Waals surface area (Å²) in [4.78, 5) is 75.2. The standard InChI is InChI=1S/C58H99F2N5O14Si2/c1-37(2)80(38(3)4)72-35-44-49(78-81(79-80,39(5)6)40(7)8)50(52(73-44)65-36-62-48-42(65)29-28-41(59)47(48)60)71-34-24-30-61-51(68)43(64(54(70)77-58(18,19)20)33-23-27-46(67)75-56(12,13)14)25-21-31-63(53(69)76-57(15,16)17)32-22-26-45(66)74-55(9,10)11/h28-29,36-40,43-44,49-50,52H,21-27,30-35H2,1-20H3,(H,61,68)/t43?,44-,49-,50-,52-/m1/s1. The Labute approximate surface area is 483 Å². The molecular weight excluding hydrogens is 1080 g/mol. The molecule has 2 aliphatic heterocycles. The Morgan fingerprint density at radius 2 is 1.22 bits per heavy atom. The van der Waals surface area contributed by atoms with Crippen molar-refractivity contribution in [2.24, 2.45) is 0 Å². The van der Waals surface area contributed by atoms with Crippen LogP contribution in [0.15, 0.2) is 18.5 Å². The van der Waals surface area contributed by atoms with Gasteiger partial charge in [0.1, 0.15) is 52.3 Å². The van der Waals surface area contributed by atoms with Crippen LogP contribution in [0.3, 0.4) is 0 Å². The number of esters is 2. The SMILES string of the molecule is CC(C)[Si]1(C(C)C)OC[C@H]2O[C@@H](n3cnc4c(F)c(F)ccc43)[C@H](OCCCNC(=O)C(CCCN(CCCC(=O)OC(C)(C)C)C(=O)OC(C)(C)C)N(CCCC(=O)OC(C)(C)C)C(=O)OC(C)(C)C)[C@@H]2O[Si](C(C)C)(C(C)C)O1. The van der Waals surface area contributed by atoms with Gasteiger partial charge in [-0.3, -0.25) is 19.3 Å². The van der Waals surface area contributed by atoms with Gasteiger partial charge < -0.3 is 56.2 Å². The second-order valence-corrected chi connectivity index (χ2v) is 35.5. The van der Waals surface area contributed by atoms with E-state index in [-0.39, 0.29) is 118 Å². The van der Waals surface area contributed by atoms with Gasteiger partial charge in [0.25, 0.3) is 0 Å². The maximum Gasteiger partial charge on any atom is 0.410 e. The van der Waals surface area contributed by atoms with Gasteiger partial charge >= 0.3 is 41.2 Å². The Balaban J connectivity index is 1.67. The largest absolute Gasteiger partial charge is 0.460 e. The van der Waals surface area contributed by atoms with Crippen LogP contribution in [0.2, 0.25) is 22.2 Å². The molecule has 462 valence electrons. The second-order valence-electron chi connectivity index (χ2n) is 26.7. The minimum absolute atomic E-state index is 0.0275. The quantitative estimate of drug-likeness (QED) is 0.0449. The molecule has 0 radical (unpaired) electrons. The van der Waals surface area contributed by atoms with E-state index in [0.29, 0.717) is 0 Å². The van der Waals surface area contributed by atoms with Crippen LogP contribution in [-0.4, -0.2) is 153 Å². The smallest absolute Gasteiger partial charge is 0.410 e. The summed E-state index contributed by atoms with van der Waals surface area (Å²) >= 11 is 0. The van der Waals surface area contributed by atoms with Crippen molar-refractivity contribution >= 4 is 58.2 Å². The molecule has 0 saturated carbocycles. The zero-order valence-electron chi connectivity index (χ0n) is 52.4. The molecule has 0 bridgehead atoms. The van der Waals surface area contributed by atoms with Crippen LogP contribution in [0, 0.1) is 11.6 Å². The van der Waals surface area contributed by atoms with Crippen LogP contribution < -0.4 is 5.32 Å². The molecule has 3 amide bonds. The summed E-state index contributed by atoms with van der Waals surface area (Å²) in [7, 11) is -6.21. The van der Waals surface area contributed by atoms with Gasteiger partial charge in [-0.05, 0) is 149 Å². The Morgan fingerprint density at radius 3 is 1.75 bits per heavy atom. The molecule has 2 saturated heterocycles. The maximum absolute atomic E-state index is 15.2. The predicted octanol–water partition coefficient (Wildman–Crippen LogP) is 11.9. The van der Waals surface area contributed by atoms with Crippen molar-refractivity contribution in [1.82, 2.24) is 24.7 Å². The molecule has 3 heterocycles. The van der Waals surface area contributed by atoms with Crippen LogP contribution in [0.25, 0.3) is 11.0 Å². The Bertz CT molecular complexity index is 2400. The Kier molecular flexibility index (Phi) is 24.4. The first kappa shape index (κ1) is 69.2. The first-order valence-electron chi connectivity index (χ1n) is 29.1. The number of hydrogen-bond acceptors (Lipinski definition) is 15. The molecule has 2 aromatic rings. The number of aromatic nitrogens is 2. The Morgan fingerprint density at radius 1 is 0.704 bits per heavy atom. The third kappa shape index (κ3) is 19.7. The van der Waals surface area contributed by atoms with Crippen molar-refractivity contribution in [3.05, 3.63) is 30.1 Å². The number of nitrogens with one attached hydrogen (secondary N) is 1. The predicted molar refractivity (Wildman–Crippen MR) is 309 cm³/mol. The average Bonchev–Trinajstić information content (AvgIpc) is 3.99. The van der Waals surface area contributed by atoms with E-state index in [1.807, 2.05) is 0 Å². The number of rotatable bonds is 24. The third-order valence-corrected chi connectivity index (χ3v) is 24.0. The maximum atomic E-state index is 15.2. The second kappa shape index (κ2) is 28.5. The molecule has 5 atom stereocenters. The molecule has 2 fully saturated rings. The van der Waals surface area contributed by atoms with E-state index < -0.39 is 112 Å². The molecule has 19 nitrogen and oxygen atoms in total. The number of amides is 3. The highest BCUT2D eigenvalue weighted by Gasteiger charge is 2.62. The van der Waals surface area contributed by atoms with Crippen LogP contribution in [0.1, 0.15) is 190 Å². The summed E-state index contributed by atoms with van der Waals surface area (Å²) in [5.74, 6) is -3.52. The minimum Gasteiger partial charge on any atom is -0.460 e. The summed E-state index contributed by atoms with van der Waals surface area (Å²) in [5.41, 5.74) is -3.00. The average molecular weight is 1180 g/mol. The topological polar surface area (TPSA) is 205 Å². The summed E-state index contributed by atoms with van der Waals surface area (Å²) < 4.78 is 89.8.